The fraction of sp³-hybridized carbons (Fsp3) is 1.00. The fourth-order valence-electron chi connectivity index (χ4n) is 6.63. The van der Waals surface area contributed by atoms with Gasteiger partial charge in [0.2, 0.25) is 0 Å². The highest BCUT2D eigenvalue weighted by Crippen LogP contribution is 2.27. The first-order chi connectivity index (χ1) is 23.7. The minimum absolute atomic E-state index is 0.0618. The number of hydrogen-bond acceptors (Lipinski definition) is 5. The first-order valence-electron chi connectivity index (χ1n) is 21.9. The molecule has 3 nitrogen and oxygen atoms in total. The smallest absolute Gasteiger partial charge is 0.373 e. The Hall–Kier alpha value is 0.797. The molecule has 0 heterocycles. The summed E-state index contributed by atoms with van der Waals surface area (Å²) in [6, 6.07) is 0. The molecule has 0 rings (SSSR count). The van der Waals surface area contributed by atoms with Crippen LogP contribution in [-0.2, 0) is 13.3 Å². The Bertz CT molecular complexity index is 533. The maximum atomic E-state index is 6.81. The maximum absolute atomic E-state index is 6.81. The van der Waals surface area contributed by atoms with Crippen LogP contribution in [0.3, 0.4) is 0 Å². The Morgan fingerprint density at radius 1 is 0.354 bits per heavy atom. The standard InChI is InChI=1S/C42H88O3S2Si/c1-4-7-10-13-16-19-22-25-28-33-38-43-48(42(47)37-32-31-36-41-46,44-39-34-29-26-23-20-17-14-11-8-5-2)45-40-35-30-27-24-21-18-15-12-9-6-3/h42,46-47H,4-41H2,1-3H3. The highest BCUT2D eigenvalue weighted by Gasteiger charge is 2.47. The summed E-state index contributed by atoms with van der Waals surface area (Å²) in [6.07, 6.45) is 44.6. The highest BCUT2D eigenvalue weighted by atomic mass is 32.1. The van der Waals surface area contributed by atoms with Crippen molar-refractivity contribution in [3.05, 3.63) is 0 Å². The van der Waals surface area contributed by atoms with E-state index < -0.39 is 8.80 Å². The molecule has 1 atom stereocenters. The summed E-state index contributed by atoms with van der Waals surface area (Å²) in [5.41, 5.74) is 0. The lowest BCUT2D eigenvalue weighted by Gasteiger charge is -2.34. The molecule has 0 aliphatic carbocycles. The van der Waals surface area contributed by atoms with Crippen LogP contribution in [0.15, 0.2) is 0 Å². The van der Waals surface area contributed by atoms with E-state index in [0.29, 0.717) is 0 Å². The molecule has 0 aliphatic rings. The third-order valence-corrected chi connectivity index (χ3v) is 14.4. The number of unbranched alkanes of at least 4 members (excludes halogenated alkanes) is 29. The molecule has 290 valence electrons. The lowest BCUT2D eigenvalue weighted by molar-refractivity contribution is 0.0529. The molecular formula is C42H88O3S2Si. The van der Waals surface area contributed by atoms with Gasteiger partial charge in [-0.05, 0) is 37.9 Å². The zero-order chi connectivity index (χ0) is 35.1. The second-order valence-corrected chi connectivity index (χ2v) is 19.1. The van der Waals surface area contributed by atoms with Gasteiger partial charge >= 0.3 is 8.80 Å². The second kappa shape index (κ2) is 40.6. The summed E-state index contributed by atoms with van der Waals surface area (Å²) in [6.45, 7) is 9.16. The predicted octanol–water partition coefficient (Wildman–Crippen LogP) is 15.1. The summed E-state index contributed by atoms with van der Waals surface area (Å²) < 4.78 is 20.4. The van der Waals surface area contributed by atoms with Gasteiger partial charge in [-0.15, -0.1) is 0 Å². The zero-order valence-electron chi connectivity index (χ0n) is 33.1. The van der Waals surface area contributed by atoms with Crippen LogP contribution in [-0.4, -0.2) is 39.3 Å². The Kier molecular flexibility index (Phi) is 41.2. The van der Waals surface area contributed by atoms with Crippen LogP contribution in [0.2, 0.25) is 0 Å². The van der Waals surface area contributed by atoms with Crippen LogP contribution in [0.1, 0.15) is 239 Å². The summed E-state index contributed by atoms with van der Waals surface area (Å²) in [4.78, 5) is 0.0618. The zero-order valence-corrected chi connectivity index (χ0v) is 35.9. The van der Waals surface area contributed by atoms with E-state index in [1.54, 1.807) is 0 Å². The highest BCUT2D eigenvalue weighted by molar-refractivity contribution is 7.83. The molecule has 0 amide bonds. The minimum atomic E-state index is -2.90. The van der Waals surface area contributed by atoms with E-state index in [0.717, 1.165) is 64.1 Å². The Morgan fingerprint density at radius 2 is 0.604 bits per heavy atom. The SMILES string of the molecule is CCCCCCCCCCCCO[Si](OCCCCCCCCCCCC)(OCCCCCCCCCCCC)C(S)CCCCCS. The molecule has 0 aliphatic heterocycles. The lowest BCUT2D eigenvalue weighted by Crippen LogP contribution is -2.55. The van der Waals surface area contributed by atoms with Crippen LogP contribution in [0, 0.1) is 0 Å². The van der Waals surface area contributed by atoms with Crippen molar-refractivity contribution in [1.29, 1.82) is 0 Å². The molecule has 0 aromatic heterocycles. The minimum Gasteiger partial charge on any atom is -0.373 e. The first-order valence-corrected chi connectivity index (χ1v) is 24.8. The third-order valence-electron chi connectivity index (χ3n) is 9.95. The van der Waals surface area contributed by atoms with Crippen molar-refractivity contribution < 1.29 is 13.3 Å². The van der Waals surface area contributed by atoms with Gasteiger partial charge in [0.1, 0.15) is 0 Å². The van der Waals surface area contributed by atoms with Gasteiger partial charge in [-0.3, -0.25) is 0 Å². The Morgan fingerprint density at radius 3 is 0.875 bits per heavy atom. The van der Waals surface area contributed by atoms with E-state index in [1.165, 1.54) is 180 Å². The van der Waals surface area contributed by atoms with Gasteiger partial charge in [-0.2, -0.15) is 25.3 Å². The van der Waals surface area contributed by atoms with Crippen LogP contribution in [0.25, 0.3) is 0 Å². The first kappa shape index (κ1) is 48.8. The van der Waals surface area contributed by atoms with Crippen molar-refractivity contribution in [2.24, 2.45) is 0 Å². The van der Waals surface area contributed by atoms with E-state index in [4.69, 9.17) is 25.9 Å². The monoisotopic (exact) mass is 733 g/mol. The average molecular weight is 733 g/mol. The van der Waals surface area contributed by atoms with Crippen LogP contribution >= 0.6 is 25.3 Å². The van der Waals surface area contributed by atoms with E-state index >= 15 is 0 Å². The van der Waals surface area contributed by atoms with Gasteiger partial charge in [0, 0.05) is 19.8 Å². The van der Waals surface area contributed by atoms with Gasteiger partial charge in [-0.1, -0.05) is 207 Å². The van der Waals surface area contributed by atoms with Crippen molar-refractivity contribution in [2.75, 3.05) is 25.6 Å². The van der Waals surface area contributed by atoms with Crippen LogP contribution in [0.4, 0.5) is 0 Å². The van der Waals surface area contributed by atoms with E-state index in [-0.39, 0.29) is 4.87 Å². The van der Waals surface area contributed by atoms with E-state index in [2.05, 4.69) is 33.4 Å². The van der Waals surface area contributed by atoms with Gasteiger partial charge in [-0.25, -0.2) is 0 Å². The quantitative estimate of drug-likeness (QED) is 0.0372. The third kappa shape index (κ3) is 32.7. The van der Waals surface area contributed by atoms with E-state index in [9.17, 15) is 0 Å². The van der Waals surface area contributed by atoms with Crippen molar-refractivity contribution >= 4 is 34.1 Å². The molecule has 6 heteroatoms. The van der Waals surface area contributed by atoms with Crippen molar-refractivity contribution in [1.82, 2.24) is 0 Å². The topological polar surface area (TPSA) is 27.7 Å². The van der Waals surface area contributed by atoms with Gasteiger partial charge in [0.05, 0.1) is 4.87 Å². The van der Waals surface area contributed by atoms with Gasteiger partial charge in [0.25, 0.3) is 0 Å². The number of rotatable bonds is 42. The molecule has 1 unspecified atom stereocenters. The molecule has 0 saturated heterocycles. The Labute approximate surface area is 315 Å². The number of hydrogen-bond donors (Lipinski definition) is 2. The molecule has 48 heavy (non-hydrogen) atoms. The Balaban J connectivity index is 4.88. The summed E-state index contributed by atoms with van der Waals surface area (Å²) in [7, 11) is -2.90. The summed E-state index contributed by atoms with van der Waals surface area (Å²) in [5.74, 6) is 0.958. The van der Waals surface area contributed by atoms with Crippen LogP contribution < -0.4 is 0 Å². The predicted molar refractivity (Wildman–Crippen MR) is 224 cm³/mol. The molecule has 0 N–H and O–H groups in total. The molecule has 0 fully saturated rings. The average Bonchev–Trinajstić information content (AvgIpc) is 3.09. The molecule has 0 aromatic carbocycles. The van der Waals surface area contributed by atoms with E-state index in [1.807, 2.05) is 0 Å². The summed E-state index contributed by atoms with van der Waals surface area (Å²) >= 11 is 9.63. The lowest BCUT2D eigenvalue weighted by atomic mass is 10.1. The molecule has 0 bridgehead atoms. The molecule has 0 radical (unpaired) electrons. The fourth-order valence-corrected chi connectivity index (χ4v) is 10.4. The normalized spacial score (nSPS) is 12.7. The molecular weight excluding hydrogens is 645 g/mol. The van der Waals surface area contributed by atoms with Crippen molar-refractivity contribution in [2.45, 2.75) is 244 Å². The van der Waals surface area contributed by atoms with Gasteiger partial charge < -0.3 is 13.3 Å². The van der Waals surface area contributed by atoms with Crippen molar-refractivity contribution in [3.8, 4) is 0 Å². The summed E-state index contributed by atoms with van der Waals surface area (Å²) in [5, 5.41) is 0. The molecule has 0 saturated carbocycles. The van der Waals surface area contributed by atoms with Gasteiger partial charge in [0.15, 0.2) is 0 Å². The number of thiol groups is 2. The van der Waals surface area contributed by atoms with Crippen molar-refractivity contribution in [3.63, 3.8) is 0 Å². The van der Waals surface area contributed by atoms with Crippen LogP contribution in [0.5, 0.6) is 0 Å². The molecule has 0 aromatic rings. The maximum Gasteiger partial charge on any atom is 0.514 e. The second-order valence-electron chi connectivity index (χ2n) is 14.8. The molecule has 0 spiro atoms. The largest absolute Gasteiger partial charge is 0.514 e.